The molecule has 1 amide bonds. The molecule has 4 nitrogen and oxygen atoms in total. The summed E-state index contributed by atoms with van der Waals surface area (Å²) in [6, 6.07) is 20.7. The Balaban J connectivity index is 1.44. The number of carbonyl (C=O) groups excluding carboxylic acids is 1. The monoisotopic (exact) mass is 387 g/mol. The minimum Gasteiger partial charge on any atom is -0.333 e. The molecule has 0 atom stereocenters. The van der Waals surface area contributed by atoms with Gasteiger partial charge in [-0.1, -0.05) is 54.6 Å². The van der Waals surface area contributed by atoms with Gasteiger partial charge in [0.25, 0.3) is 5.91 Å². The number of benzene rings is 2. The highest BCUT2D eigenvalue weighted by Crippen LogP contribution is 2.31. The number of thiophene rings is 1. The molecule has 0 saturated heterocycles. The van der Waals surface area contributed by atoms with Gasteiger partial charge in [0.15, 0.2) is 0 Å². The summed E-state index contributed by atoms with van der Waals surface area (Å²) in [4.78, 5) is 17.0. The quantitative estimate of drug-likeness (QED) is 0.513. The molecule has 5 rings (SSSR count). The summed E-state index contributed by atoms with van der Waals surface area (Å²) >= 11 is 1.56. The van der Waals surface area contributed by atoms with Gasteiger partial charge in [-0.25, -0.2) is 0 Å². The molecule has 0 bridgehead atoms. The summed E-state index contributed by atoms with van der Waals surface area (Å²) in [5.74, 6) is 0.126. The Kier molecular flexibility index (Phi) is 4.24. The van der Waals surface area contributed by atoms with Crippen molar-refractivity contribution in [2.45, 2.75) is 26.4 Å². The van der Waals surface area contributed by atoms with Crippen LogP contribution in [-0.4, -0.2) is 27.1 Å². The van der Waals surface area contributed by atoms with E-state index in [1.54, 1.807) is 11.3 Å². The topological polar surface area (TPSA) is 38.1 Å². The number of aromatic nitrogens is 2. The number of fused-ring (bicyclic) bond motifs is 2. The lowest BCUT2D eigenvalue weighted by Gasteiger charge is -2.28. The fourth-order valence-corrected chi connectivity index (χ4v) is 5.04. The van der Waals surface area contributed by atoms with Crippen LogP contribution in [0.5, 0.6) is 0 Å². The van der Waals surface area contributed by atoms with Crippen molar-refractivity contribution < 1.29 is 4.79 Å². The molecule has 0 spiro atoms. The molecule has 0 aliphatic carbocycles. The molecule has 4 aromatic rings. The van der Waals surface area contributed by atoms with Crippen LogP contribution in [0.25, 0.3) is 10.2 Å². The van der Waals surface area contributed by atoms with Gasteiger partial charge in [0.1, 0.15) is 4.83 Å². The Labute approximate surface area is 168 Å². The first kappa shape index (κ1) is 17.2. The minimum absolute atomic E-state index is 0.126. The van der Waals surface area contributed by atoms with Gasteiger partial charge in [0, 0.05) is 18.5 Å². The van der Waals surface area contributed by atoms with Crippen LogP contribution in [0.15, 0.2) is 60.7 Å². The number of aryl methyl sites for hydroxylation is 1. The third-order valence-corrected chi connectivity index (χ3v) is 6.55. The van der Waals surface area contributed by atoms with E-state index in [0.29, 0.717) is 6.54 Å². The number of carbonyl (C=O) groups is 1. The predicted molar refractivity (Wildman–Crippen MR) is 113 cm³/mol. The molecule has 0 fully saturated rings. The molecule has 3 heterocycles. The van der Waals surface area contributed by atoms with Crippen molar-refractivity contribution in [2.75, 3.05) is 6.54 Å². The third-order valence-electron chi connectivity index (χ3n) is 5.41. The van der Waals surface area contributed by atoms with Crippen LogP contribution in [0.4, 0.5) is 0 Å². The molecule has 28 heavy (non-hydrogen) atoms. The van der Waals surface area contributed by atoms with Gasteiger partial charge in [-0.2, -0.15) is 5.10 Å². The molecule has 2 aromatic heterocycles. The first-order valence-electron chi connectivity index (χ1n) is 9.56. The zero-order valence-electron chi connectivity index (χ0n) is 15.8. The SMILES string of the molecule is Cc1nn(Cc2ccccc2)c2sc(C(=O)N3CCc4ccccc4C3)cc12. The highest BCUT2D eigenvalue weighted by Gasteiger charge is 2.24. The maximum atomic E-state index is 13.2. The van der Waals surface area contributed by atoms with E-state index in [9.17, 15) is 4.79 Å². The van der Waals surface area contributed by atoms with E-state index < -0.39 is 0 Å². The molecule has 0 N–H and O–H groups in total. The van der Waals surface area contributed by atoms with E-state index in [1.165, 1.54) is 16.7 Å². The van der Waals surface area contributed by atoms with Gasteiger partial charge in [-0.05, 0) is 36.1 Å². The lowest BCUT2D eigenvalue weighted by Crippen LogP contribution is -2.35. The molecule has 2 aromatic carbocycles. The second kappa shape index (κ2) is 6.91. The fourth-order valence-electron chi connectivity index (χ4n) is 3.91. The molecule has 1 aliphatic heterocycles. The van der Waals surface area contributed by atoms with Crippen LogP contribution in [0.2, 0.25) is 0 Å². The standard InChI is InChI=1S/C23H21N3OS/c1-16-20-13-21(22(27)25-12-11-18-9-5-6-10-19(18)15-25)28-23(20)26(24-16)14-17-7-3-2-4-8-17/h2-10,13H,11-12,14-15H2,1H3. The molecule has 1 aliphatic rings. The average Bonchev–Trinajstić information content (AvgIpc) is 3.29. The molecular formula is C23H21N3OS. The maximum absolute atomic E-state index is 13.2. The van der Waals surface area contributed by atoms with Crippen molar-refractivity contribution in [1.29, 1.82) is 0 Å². The second-order valence-electron chi connectivity index (χ2n) is 7.30. The lowest BCUT2D eigenvalue weighted by molar-refractivity contribution is 0.0739. The van der Waals surface area contributed by atoms with E-state index in [1.807, 2.05) is 46.8 Å². The van der Waals surface area contributed by atoms with Crippen molar-refractivity contribution >= 4 is 27.5 Å². The van der Waals surface area contributed by atoms with Gasteiger partial charge >= 0.3 is 0 Å². The molecule has 0 unspecified atom stereocenters. The molecular weight excluding hydrogens is 366 g/mol. The predicted octanol–water partition coefficient (Wildman–Crippen LogP) is 4.65. The number of hydrogen-bond acceptors (Lipinski definition) is 3. The molecule has 5 heteroatoms. The first-order valence-corrected chi connectivity index (χ1v) is 10.4. The van der Waals surface area contributed by atoms with Gasteiger partial charge in [-0.3, -0.25) is 9.48 Å². The minimum atomic E-state index is 0.126. The van der Waals surface area contributed by atoms with Gasteiger partial charge in [0.2, 0.25) is 0 Å². The normalized spacial score (nSPS) is 13.7. The van der Waals surface area contributed by atoms with E-state index in [0.717, 1.165) is 40.3 Å². The van der Waals surface area contributed by atoms with Crippen molar-refractivity contribution in [3.05, 3.63) is 87.9 Å². The Morgan fingerprint density at radius 1 is 1.07 bits per heavy atom. The average molecular weight is 388 g/mol. The molecule has 0 radical (unpaired) electrons. The van der Waals surface area contributed by atoms with Crippen molar-refractivity contribution in [2.24, 2.45) is 0 Å². The summed E-state index contributed by atoms with van der Waals surface area (Å²) < 4.78 is 2.02. The van der Waals surface area contributed by atoms with Crippen molar-refractivity contribution in [3.8, 4) is 0 Å². The van der Waals surface area contributed by atoms with Crippen LogP contribution < -0.4 is 0 Å². The zero-order valence-corrected chi connectivity index (χ0v) is 16.6. The van der Waals surface area contributed by atoms with E-state index in [2.05, 4.69) is 35.4 Å². The Morgan fingerprint density at radius 3 is 2.64 bits per heavy atom. The van der Waals surface area contributed by atoms with Crippen LogP contribution >= 0.6 is 11.3 Å². The Bertz CT molecular complexity index is 1160. The van der Waals surface area contributed by atoms with Crippen LogP contribution in [0.1, 0.15) is 32.1 Å². The van der Waals surface area contributed by atoms with Crippen LogP contribution in [0.3, 0.4) is 0 Å². The first-order chi connectivity index (χ1) is 13.7. The Hall–Kier alpha value is -2.92. The number of amides is 1. The van der Waals surface area contributed by atoms with Gasteiger partial charge < -0.3 is 4.90 Å². The van der Waals surface area contributed by atoms with E-state index in [4.69, 9.17) is 0 Å². The number of hydrogen-bond donors (Lipinski definition) is 0. The second-order valence-corrected chi connectivity index (χ2v) is 8.33. The maximum Gasteiger partial charge on any atom is 0.264 e. The highest BCUT2D eigenvalue weighted by molar-refractivity contribution is 7.20. The zero-order chi connectivity index (χ0) is 19.1. The summed E-state index contributed by atoms with van der Waals surface area (Å²) in [6.07, 6.45) is 0.924. The summed E-state index contributed by atoms with van der Waals surface area (Å²) in [5, 5.41) is 5.77. The summed E-state index contributed by atoms with van der Waals surface area (Å²) in [6.45, 7) is 4.20. The van der Waals surface area contributed by atoms with Crippen LogP contribution in [0, 0.1) is 6.92 Å². The molecule has 0 saturated carbocycles. The Morgan fingerprint density at radius 2 is 1.82 bits per heavy atom. The van der Waals surface area contributed by atoms with Gasteiger partial charge in [-0.15, -0.1) is 11.3 Å². The van der Waals surface area contributed by atoms with Crippen LogP contribution in [-0.2, 0) is 19.5 Å². The van der Waals surface area contributed by atoms with Gasteiger partial charge in [0.05, 0.1) is 17.1 Å². The van der Waals surface area contributed by atoms with Crippen molar-refractivity contribution in [3.63, 3.8) is 0 Å². The van der Waals surface area contributed by atoms with E-state index in [-0.39, 0.29) is 5.91 Å². The highest BCUT2D eigenvalue weighted by atomic mass is 32.1. The third kappa shape index (κ3) is 3.02. The smallest absolute Gasteiger partial charge is 0.264 e. The van der Waals surface area contributed by atoms with E-state index >= 15 is 0 Å². The summed E-state index contributed by atoms with van der Waals surface area (Å²) in [5.41, 5.74) is 4.80. The largest absolute Gasteiger partial charge is 0.333 e. The van der Waals surface area contributed by atoms with Crippen molar-refractivity contribution in [1.82, 2.24) is 14.7 Å². The number of nitrogens with zero attached hydrogens (tertiary/aromatic N) is 3. The number of rotatable bonds is 3. The lowest BCUT2D eigenvalue weighted by atomic mass is 10.00. The summed E-state index contributed by atoms with van der Waals surface area (Å²) in [7, 11) is 0. The fraction of sp³-hybridized carbons (Fsp3) is 0.217. The molecule has 140 valence electrons.